The molecule has 0 rings (SSSR count). The molecule has 0 aromatic rings. The summed E-state index contributed by atoms with van der Waals surface area (Å²) in [6.45, 7) is 4.48. The maximum absolute atomic E-state index is 12.5. The van der Waals surface area contributed by atoms with Gasteiger partial charge in [-0.25, -0.2) is 0 Å². The monoisotopic (exact) mass is 714 g/mol. The van der Waals surface area contributed by atoms with Crippen molar-refractivity contribution in [3.63, 3.8) is 0 Å². The molecule has 0 amide bonds. The van der Waals surface area contributed by atoms with Crippen LogP contribution >= 0.6 is 0 Å². The van der Waals surface area contributed by atoms with Crippen LogP contribution in [0.1, 0.15) is 219 Å². The van der Waals surface area contributed by atoms with E-state index in [1.165, 1.54) is 128 Å². The Morgan fingerprint density at radius 2 is 0.745 bits per heavy atom. The second-order valence-electron chi connectivity index (χ2n) is 14.0. The van der Waals surface area contributed by atoms with Crippen molar-refractivity contribution in [1.29, 1.82) is 0 Å². The molecule has 0 saturated heterocycles. The topological polar surface area (TPSA) is 129 Å². The summed E-state index contributed by atoms with van der Waals surface area (Å²) in [5.74, 6) is -4.89. The van der Waals surface area contributed by atoms with E-state index in [4.69, 9.17) is 0 Å². The third kappa shape index (κ3) is 25.1. The number of aliphatic carboxylic acids is 2. The van der Waals surface area contributed by atoms with Gasteiger partial charge in [0, 0.05) is 0 Å². The third-order valence-electron chi connectivity index (χ3n) is 9.93. The Morgan fingerprint density at radius 1 is 0.489 bits per heavy atom. The fourth-order valence-electron chi connectivity index (χ4n) is 6.88. The number of hydrogen-bond acceptors (Lipinski definition) is 4. The number of carbonyl (C=O) groups is 2. The van der Waals surface area contributed by atoms with Gasteiger partial charge in [-0.2, -0.15) is 8.42 Å². The van der Waals surface area contributed by atoms with Crippen LogP contribution in [0.25, 0.3) is 0 Å². The first-order chi connectivity index (χ1) is 22.1. The van der Waals surface area contributed by atoms with Crippen LogP contribution in [0.15, 0.2) is 0 Å². The van der Waals surface area contributed by atoms with Crippen LogP contribution in [0.3, 0.4) is 0 Å². The van der Waals surface area contributed by atoms with Crippen LogP contribution < -0.4 is 0 Å². The van der Waals surface area contributed by atoms with Crippen molar-refractivity contribution in [2.45, 2.75) is 224 Å². The van der Waals surface area contributed by atoms with E-state index in [1.54, 1.807) is 0 Å². The minimum atomic E-state index is -5.14. The van der Waals surface area contributed by atoms with E-state index in [0.717, 1.165) is 44.9 Å². The predicted octanol–water partition coefficient (Wildman–Crippen LogP) is 11.3. The molecule has 0 aliphatic rings. The molecule has 47 heavy (non-hydrogen) atoms. The Kier molecular flexibility index (Phi) is 35.5. The zero-order chi connectivity index (χ0) is 34.4. The van der Waals surface area contributed by atoms with E-state index >= 15 is 0 Å². The van der Waals surface area contributed by atoms with Crippen molar-refractivity contribution in [2.24, 2.45) is 5.92 Å². The zero-order valence-corrected chi connectivity index (χ0v) is 30.9. The third-order valence-corrected chi connectivity index (χ3v) is 11.5. The van der Waals surface area contributed by atoms with Crippen molar-refractivity contribution in [1.82, 2.24) is 0 Å². The van der Waals surface area contributed by atoms with Gasteiger partial charge in [-0.1, -0.05) is 206 Å². The van der Waals surface area contributed by atoms with Crippen molar-refractivity contribution >= 4 is 73.4 Å². The van der Waals surface area contributed by atoms with Crippen molar-refractivity contribution in [2.75, 3.05) is 0 Å². The van der Waals surface area contributed by atoms with Crippen molar-refractivity contribution < 1.29 is 32.8 Å². The fourth-order valence-corrected chi connectivity index (χ4v) is 8.09. The molecule has 0 heterocycles. The molecule has 0 radical (unpaired) electrons. The summed E-state index contributed by atoms with van der Waals surface area (Å²) in [6, 6.07) is 0. The Balaban J connectivity index is 0. The predicted molar refractivity (Wildman–Crippen MR) is 199 cm³/mol. The summed E-state index contributed by atoms with van der Waals surface area (Å²) in [5, 5.41) is 19.9. The molecule has 3 N–H and O–H groups in total. The van der Waals surface area contributed by atoms with Gasteiger partial charge in [0.15, 0.2) is 0 Å². The molecule has 0 spiro atoms. The van der Waals surface area contributed by atoms with E-state index < -0.39 is 32.7 Å². The SMILES string of the molecule is CCCCCCCCCCCCCCCCCCC(C(=O)O)(C(CCCCCCCCCCCCCCCC)C(=O)O)S(=O)(=O)O.[KH]. The first-order valence-electron chi connectivity index (χ1n) is 19.6. The van der Waals surface area contributed by atoms with Gasteiger partial charge in [0.05, 0.1) is 5.92 Å². The van der Waals surface area contributed by atoms with Gasteiger partial charge in [-0.3, -0.25) is 14.1 Å². The van der Waals surface area contributed by atoms with Crippen LogP contribution in [0.2, 0.25) is 0 Å². The number of rotatable bonds is 36. The van der Waals surface area contributed by atoms with Crippen LogP contribution in [-0.4, -0.2) is 91.3 Å². The summed E-state index contributed by atoms with van der Waals surface area (Å²) in [4.78, 5) is 24.5. The zero-order valence-electron chi connectivity index (χ0n) is 30.1. The summed E-state index contributed by atoms with van der Waals surface area (Å²) in [6.07, 6.45) is 33.5. The van der Waals surface area contributed by atoms with E-state index in [0.29, 0.717) is 12.8 Å². The molecule has 0 bridgehead atoms. The first kappa shape index (κ1) is 49.6. The second kappa shape index (κ2) is 33.6. The molecule has 9 heteroatoms. The normalized spacial score (nSPS) is 13.6. The Labute approximate surface area is 333 Å². The number of carboxylic acids is 2. The van der Waals surface area contributed by atoms with Gasteiger partial charge in [-0.05, 0) is 12.8 Å². The van der Waals surface area contributed by atoms with Crippen LogP contribution in [0.5, 0.6) is 0 Å². The number of carboxylic acid groups (broad SMARTS) is 2. The molecule has 0 saturated carbocycles. The quantitative estimate of drug-likeness (QED) is 0.0334. The van der Waals surface area contributed by atoms with Gasteiger partial charge < -0.3 is 10.2 Å². The summed E-state index contributed by atoms with van der Waals surface area (Å²) < 4.78 is 32.4. The molecule has 2 atom stereocenters. The van der Waals surface area contributed by atoms with Crippen LogP contribution in [0, 0.1) is 5.92 Å². The van der Waals surface area contributed by atoms with E-state index in [2.05, 4.69) is 13.8 Å². The molecule has 276 valence electrons. The molecule has 0 aromatic carbocycles. The molecule has 0 aromatic heterocycles. The Bertz CT molecular complexity index is 836. The molecule has 2 unspecified atom stereocenters. The standard InChI is InChI=1S/C38H74O7S.K.H/c1-3-5-7-9-11-13-15-17-19-20-22-24-26-28-30-32-34-38(37(41)42,46(43,44)45)35(36(39)40)33-31-29-27-25-23-21-18-16-14-12-10-8-6-4-2;;/h35H,3-34H2,1-2H3,(H,39,40)(H,41,42)(H,43,44,45);;. The van der Waals surface area contributed by atoms with Gasteiger partial charge in [0.2, 0.25) is 4.75 Å². The first-order valence-corrected chi connectivity index (χ1v) is 21.0. The summed E-state index contributed by atoms with van der Waals surface area (Å²) in [7, 11) is -5.14. The van der Waals surface area contributed by atoms with E-state index in [9.17, 15) is 32.8 Å². The Hall–Kier alpha value is 0.486. The van der Waals surface area contributed by atoms with Crippen molar-refractivity contribution in [3.8, 4) is 0 Å². The average molecular weight is 715 g/mol. The Morgan fingerprint density at radius 3 is 0.979 bits per heavy atom. The molecule has 0 aliphatic carbocycles. The van der Waals surface area contributed by atoms with Crippen LogP contribution in [-0.2, 0) is 19.7 Å². The van der Waals surface area contributed by atoms with Crippen molar-refractivity contribution in [3.05, 3.63) is 0 Å². The summed E-state index contributed by atoms with van der Waals surface area (Å²) in [5.41, 5.74) is 0. The summed E-state index contributed by atoms with van der Waals surface area (Å²) >= 11 is 0. The maximum atomic E-state index is 12.5. The number of hydrogen-bond donors (Lipinski definition) is 3. The van der Waals surface area contributed by atoms with Crippen LogP contribution in [0.4, 0.5) is 0 Å². The molecule has 7 nitrogen and oxygen atoms in total. The van der Waals surface area contributed by atoms with E-state index in [-0.39, 0.29) is 70.6 Å². The minimum absolute atomic E-state index is 0. The van der Waals surface area contributed by atoms with Gasteiger partial charge in [0.1, 0.15) is 0 Å². The molecular weight excluding hydrogens is 640 g/mol. The fraction of sp³-hybridized carbons (Fsp3) is 0.947. The molecule has 0 fully saturated rings. The second-order valence-corrected chi connectivity index (χ2v) is 15.7. The number of unbranched alkanes of at least 4 members (excludes halogenated alkanes) is 28. The van der Waals surface area contributed by atoms with Gasteiger partial charge in [0.25, 0.3) is 10.1 Å². The van der Waals surface area contributed by atoms with Gasteiger partial charge in [-0.15, -0.1) is 0 Å². The van der Waals surface area contributed by atoms with Gasteiger partial charge >= 0.3 is 63.3 Å². The van der Waals surface area contributed by atoms with E-state index in [1.807, 2.05) is 0 Å². The molecular formula is C38H75KO7S. The average Bonchev–Trinajstić information content (AvgIpc) is 3.00. The molecule has 0 aliphatic heterocycles.